The Kier molecular flexibility index (Phi) is 7.12. The number of carbonyl (C=O) groups is 1. The van der Waals surface area contributed by atoms with Crippen molar-refractivity contribution in [3.63, 3.8) is 0 Å². The summed E-state index contributed by atoms with van der Waals surface area (Å²) in [5.74, 6) is 0.916. The molecule has 0 bridgehead atoms. The first-order chi connectivity index (χ1) is 8.65. The van der Waals surface area contributed by atoms with Crippen LogP contribution >= 0.6 is 23.1 Å². The highest BCUT2D eigenvalue weighted by atomic mass is 32.2. The quantitative estimate of drug-likeness (QED) is 0.745. The van der Waals surface area contributed by atoms with E-state index in [1.165, 1.54) is 11.3 Å². The minimum absolute atomic E-state index is 0.218. The maximum absolute atomic E-state index is 11.3. The Labute approximate surface area is 117 Å². The Bertz CT molecular complexity index is 369. The van der Waals surface area contributed by atoms with Gasteiger partial charge in [-0.2, -0.15) is 11.8 Å². The number of thioether (sulfide) groups is 1. The number of nitrogens with zero attached hydrogens (tertiary/aromatic N) is 1. The van der Waals surface area contributed by atoms with Gasteiger partial charge in [-0.05, 0) is 32.3 Å². The minimum atomic E-state index is -0.218. The van der Waals surface area contributed by atoms with Crippen LogP contribution in [0, 0.1) is 0 Å². The molecule has 6 heteroatoms. The van der Waals surface area contributed by atoms with E-state index in [-0.39, 0.29) is 12.4 Å². The van der Waals surface area contributed by atoms with E-state index in [9.17, 15) is 4.79 Å². The number of rotatable bonds is 8. The minimum Gasteiger partial charge on any atom is -0.466 e. The first-order valence-electron chi connectivity index (χ1n) is 6.01. The zero-order chi connectivity index (χ0) is 13.4. The Hall–Kier alpha value is -0.750. The number of aromatic nitrogens is 1. The van der Waals surface area contributed by atoms with Crippen molar-refractivity contribution in [3.05, 3.63) is 11.1 Å². The number of ether oxygens (including phenoxy) is 1. The average molecular weight is 288 g/mol. The van der Waals surface area contributed by atoms with Crippen LogP contribution in [0.3, 0.4) is 0 Å². The smallest absolute Gasteiger partial charge is 0.311 e. The van der Waals surface area contributed by atoms with Crippen LogP contribution in [0.25, 0.3) is 0 Å². The Balaban J connectivity index is 2.40. The van der Waals surface area contributed by atoms with Crippen LogP contribution in [-0.4, -0.2) is 35.6 Å². The van der Waals surface area contributed by atoms with E-state index in [0.29, 0.717) is 12.6 Å². The molecule has 1 heterocycles. The fraction of sp³-hybridized carbons (Fsp3) is 0.667. The molecule has 1 atom stereocenters. The van der Waals surface area contributed by atoms with E-state index < -0.39 is 0 Å². The van der Waals surface area contributed by atoms with Crippen molar-refractivity contribution < 1.29 is 9.53 Å². The van der Waals surface area contributed by atoms with Gasteiger partial charge in [-0.15, -0.1) is 11.3 Å². The average Bonchev–Trinajstić information content (AvgIpc) is 2.74. The highest BCUT2D eigenvalue weighted by Gasteiger charge is 2.09. The molecule has 0 aliphatic rings. The van der Waals surface area contributed by atoms with E-state index in [2.05, 4.69) is 23.5 Å². The molecule has 18 heavy (non-hydrogen) atoms. The van der Waals surface area contributed by atoms with E-state index >= 15 is 0 Å². The summed E-state index contributed by atoms with van der Waals surface area (Å²) in [4.78, 5) is 15.7. The van der Waals surface area contributed by atoms with Gasteiger partial charge in [-0.1, -0.05) is 0 Å². The Morgan fingerprint density at radius 3 is 3.11 bits per heavy atom. The molecule has 1 aromatic heterocycles. The number of nitrogens with one attached hydrogen (secondary N) is 1. The summed E-state index contributed by atoms with van der Waals surface area (Å²) >= 11 is 3.38. The molecule has 0 saturated heterocycles. The molecule has 1 N–H and O–H groups in total. The van der Waals surface area contributed by atoms with Crippen molar-refractivity contribution in [2.24, 2.45) is 0 Å². The maximum atomic E-state index is 11.3. The second-order valence-corrected chi connectivity index (χ2v) is 5.80. The molecule has 0 spiro atoms. The molecule has 0 aliphatic heterocycles. The van der Waals surface area contributed by atoms with Gasteiger partial charge >= 0.3 is 5.97 Å². The summed E-state index contributed by atoms with van der Waals surface area (Å²) in [5.41, 5.74) is 0.776. The number of hydrogen-bond acceptors (Lipinski definition) is 6. The van der Waals surface area contributed by atoms with E-state index in [4.69, 9.17) is 4.74 Å². The van der Waals surface area contributed by atoms with Crippen LogP contribution in [0.5, 0.6) is 0 Å². The summed E-state index contributed by atoms with van der Waals surface area (Å²) in [6, 6.07) is 0.402. The molecule has 0 fully saturated rings. The zero-order valence-corrected chi connectivity index (χ0v) is 12.7. The fourth-order valence-corrected chi connectivity index (χ4v) is 2.80. The third-order valence-corrected chi connectivity index (χ3v) is 3.77. The van der Waals surface area contributed by atoms with Gasteiger partial charge in [0, 0.05) is 11.4 Å². The van der Waals surface area contributed by atoms with E-state index in [1.807, 2.05) is 17.1 Å². The molecule has 0 radical (unpaired) electrons. The molecular formula is C12H20N2O2S2. The molecule has 1 aromatic rings. The van der Waals surface area contributed by atoms with E-state index in [1.54, 1.807) is 6.92 Å². The van der Waals surface area contributed by atoms with Gasteiger partial charge in [0.2, 0.25) is 0 Å². The van der Waals surface area contributed by atoms with Crippen LogP contribution < -0.4 is 5.32 Å². The number of thiazole rings is 1. The van der Waals surface area contributed by atoms with Gasteiger partial charge in [0.1, 0.15) is 0 Å². The molecule has 1 unspecified atom stereocenters. The Morgan fingerprint density at radius 2 is 2.44 bits per heavy atom. The summed E-state index contributed by atoms with van der Waals surface area (Å²) in [6.07, 6.45) is 3.47. The topological polar surface area (TPSA) is 51.2 Å². The number of hydrogen-bond donors (Lipinski definition) is 1. The molecule has 102 valence electrons. The summed E-state index contributed by atoms with van der Waals surface area (Å²) in [6.45, 7) is 4.36. The third kappa shape index (κ3) is 5.73. The normalized spacial score (nSPS) is 12.2. The van der Waals surface area contributed by atoms with Crippen molar-refractivity contribution in [3.8, 4) is 0 Å². The monoisotopic (exact) mass is 288 g/mol. The summed E-state index contributed by atoms with van der Waals surface area (Å²) in [7, 11) is 0. The van der Waals surface area contributed by atoms with Crippen LogP contribution in [0.1, 0.15) is 26.0 Å². The van der Waals surface area contributed by atoms with Gasteiger partial charge in [0.05, 0.1) is 18.7 Å². The zero-order valence-electron chi connectivity index (χ0n) is 11.1. The van der Waals surface area contributed by atoms with Crippen molar-refractivity contribution in [2.45, 2.75) is 32.7 Å². The second kappa shape index (κ2) is 8.37. The predicted molar refractivity (Wildman–Crippen MR) is 78.5 cm³/mol. The molecule has 0 aromatic carbocycles. The molecular weight excluding hydrogens is 268 g/mol. The van der Waals surface area contributed by atoms with Crippen LogP contribution in [0.2, 0.25) is 0 Å². The van der Waals surface area contributed by atoms with Crippen molar-refractivity contribution in [2.75, 3.05) is 23.9 Å². The first kappa shape index (κ1) is 15.3. The van der Waals surface area contributed by atoms with E-state index in [0.717, 1.165) is 23.0 Å². The molecule has 0 amide bonds. The third-order valence-electron chi connectivity index (χ3n) is 2.31. The van der Waals surface area contributed by atoms with Crippen molar-refractivity contribution in [1.29, 1.82) is 0 Å². The largest absolute Gasteiger partial charge is 0.466 e. The summed E-state index contributed by atoms with van der Waals surface area (Å²) in [5, 5.41) is 6.13. The van der Waals surface area contributed by atoms with Crippen molar-refractivity contribution >= 4 is 34.2 Å². The first-order valence-corrected chi connectivity index (χ1v) is 8.28. The standard InChI is InChI=1S/C12H20N2O2S2/c1-4-16-11(15)7-10-8-18-12(14-10)13-9(2)5-6-17-3/h8-9H,4-7H2,1-3H3,(H,13,14). The maximum Gasteiger partial charge on any atom is 0.311 e. The molecule has 0 aliphatic carbocycles. The van der Waals surface area contributed by atoms with Crippen molar-refractivity contribution in [1.82, 2.24) is 4.98 Å². The van der Waals surface area contributed by atoms with Gasteiger partial charge in [0.25, 0.3) is 0 Å². The lowest BCUT2D eigenvalue weighted by Gasteiger charge is -2.11. The number of anilines is 1. The fourth-order valence-electron chi connectivity index (χ4n) is 1.39. The molecule has 1 rings (SSSR count). The Morgan fingerprint density at radius 1 is 1.67 bits per heavy atom. The van der Waals surface area contributed by atoms with Gasteiger partial charge in [-0.25, -0.2) is 4.98 Å². The number of esters is 1. The lowest BCUT2D eigenvalue weighted by Crippen LogP contribution is -2.15. The lowest BCUT2D eigenvalue weighted by atomic mass is 10.3. The highest BCUT2D eigenvalue weighted by molar-refractivity contribution is 7.98. The van der Waals surface area contributed by atoms with Crippen LogP contribution in [0.15, 0.2) is 5.38 Å². The highest BCUT2D eigenvalue weighted by Crippen LogP contribution is 2.18. The van der Waals surface area contributed by atoms with Gasteiger partial charge in [0.15, 0.2) is 5.13 Å². The number of carbonyl (C=O) groups excluding carboxylic acids is 1. The molecule has 4 nitrogen and oxygen atoms in total. The SMILES string of the molecule is CCOC(=O)Cc1csc(NC(C)CCSC)n1. The summed E-state index contributed by atoms with van der Waals surface area (Å²) < 4.78 is 4.89. The predicted octanol–water partition coefficient (Wildman–Crippen LogP) is 2.80. The molecule has 0 saturated carbocycles. The van der Waals surface area contributed by atoms with Gasteiger partial charge < -0.3 is 10.1 Å². The lowest BCUT2D eigenvalue weighted by molar-refractivity contribution is -0.142. The second-order valence-electron chi connectivity index (χ2n) is 3.95. The van der Waals surface area contributed by atoms with Crippen LogP contribution in [0.4, 0.5) is 5.13 Å². The van der Waals surface area contributed by atoms with Crippen LogP contribution in [-0.2, 0) is 16.0 Å². The van der Waals surface area contributed by atoms with Gasteiger partial charge in [-0.3, -0.25) is 4.79 Å².